The zero-order valence-electron chi connectivity index (χ0n) is 26.8. The topological polar surface area (TPSA) is 86.2 Å². The third-order valence-corrected chi connectivity index (χ3v) is 8.78. The lowest BCUT2D eigenvalue weighted by molar-refractivity contribution is 1.07. The molecule has 0 radical (unpaired) electrons. The highest BCUT2D eigenvalue weighted by atomic mass is 15.0. The molecule has 50 heavy (non-hydrogen) atoms. The lowest BCUT2D eigenvalue weighted by Crippen LogP contribution is -2.00. The molecule has 0 aliphatic rings. The van der Waals surface area contributed by atoms with Crippen LogP contribution in [0.3, 0.4) is 0 Å². The number of hydrogen-bond acceptors (Lipinski definition) is 5. The maximum absolute atomic E-state index is 9.40. The fourth-order valence-corrected chi connectivity index (χ4v) is 6.23. The Kier molecular flexibility index (Phi) is 7.91. The Hall–Kier alpha value is -7.21. The van der Waals surface area contributed by atoms with E-state index in [0.29, 0.717) is 28.6 Å². The smallest absolute Gasteiger partial charge is 0.164 e. The fourth-order valence-electron chi connectivity index (χ4n) is 6.23. The Morgan fingerprint density at radius 3 is 1.34 bits per heavy atom. The molecule has 0 fully saturated rings. The van der Waals surface area contributed by atoms with Crippen LogP contribution in [0.1, 0.15) is 11.1 Å². The predicted octanol–water partition coefficient (Wildman–Crippen LogP) is 10.8. The summed E-state index contributed by atoms with van der Waals surface area (Å²) in [7, 11) is 0. The summed E-state index contributed by atoms with van der Waals surface area (Å²) in [5, 5.41) is 21.1. The van der Waals surface area contributed by atoms with E-state index in [4.69, 9.17) is 15.0 Å². The van der Waals surface area contributed by atoms with Gasteiger partial charge in [-0.25, -0.2) is 15.0 Å². The average Bonchev–Trinajstić information content (AvgIpc) is 3.20. The number of nitriles is 2. The minimum atomic E-state index is 0.475. The van der Waals surface area contributed by atoms with E-state index in [2.05, 4.69) is 84.9 Å². The molecule has 1 aromatic heterocycles. The second-order valence-corrected chi connectivity index (χ2v) is 12.0. The van der Waals surface area contributed by atoms with Crippen molar-refractivity contribution in [3.05, 3.63) is 175 Å². The first-order chi connectivity index (χ1) is 24.6. The Balaban J connectivity index is 1.10. The summed E-state index contributed by atoms with van der Waals surface area (Å²) in [6, 6.07) is 59.1. The van der Waals surface area contributed by atoms with Gasteiger partial charge in [-0.1, -0.05) is 140 Å². The van der Waals surface area contributed by atoms with Gasteiger partial charge in [0, 0.05) is 16.7 Å². The van der Waals surface area contributed by atoms with Crippen molar-refractivity contribution in [1.29, 1.82) is 10.5 Å². The second-order valence-electron chi connectivity index (χ2n) is 12.0. The van der Waals surface area contributed by atoms with Crippen LogP contribution < -0.4 is 0 Å². The molecule has 8 aromatic rings. The number of hydrogen-bond donors (Lipinski definition) is 0. The summed E-state index contributed by atoms with van der Waals surface area (Å²) in [6.45, 7) is 0. The molecule has 0 spiro atoms. The number of rotatable bonds is 6. The minimum Gasteiger partial charge on any atom is -0.208 e. The van der Waals surface area contributed by atoms with Gasteiger partial charge in [0.25, 0.3) is 0 Å². The number of nitrogens with zero attached hydrogens (tertiary/aromatic N) is 5. The highest BCUT2D eigenvalue weighted by Gasteiger charge is 2.13. The molecule has 0 unspecified atom stereocenters. The Morgan fingerprint density at radius 2 is 0.800 bits per heavy atom. The van der Waals surface area contributed by atoms with E-state index in [1.165, 1.54) is 0 Å². The molecular formula is C45H27N5. The van der Waals surface area contributed by atoms with E-state index in [9.17, 15) is 10.5 Å². The van der Waals surface area contributed by atoms with Crippen molar-refractivity contribution in [2.75, 3.05) is 0 Å². The molecule has 5 heteroatoms. The van der Waals surface area contributed by atoms with Gasteiger partial charge in [-0.2, -0.15) is 10.5 Å². The molecule has 5 nitrogen and oxygen atoms in total. The summed E-state index contributed by atoms with van der Waals surface area (Å²) < 4.78 is 0. The molecule has 0 N–H and O–H groups in total. The maximum atomic E-state index is 9.40. The molecule has 0 bridgehead atoms. The monoisotopic (exact) mass is 637 g/mol. The average molecular weight is 638 g/mol. The molecule has 7 aromatic carbocycles. The lowest BCUT2D eigenvalue weighted by Gasteiger charge is -2.11. The first-order valence-corrected chi connectivity index (χ1v) is 16.2. The standard InChI is InChI=1S/C45H27N5/c46-28-30-24-31(29-47)26-40(25-30)33-14-18-34(19-15-33)41-13-7-12-39-27-38(22-23-42(39)41)32-16-20-37(21-17-32)45-49-43(35-8-3-1-4-9-35)48-44(50-45)36-10-5-2-6-11-36/h1-27H. The summed E-state index contributed by atoms with van der Waals surface area (Å²) in [6.07, 6.45) is 0. The van der Waals surface area contributed by atoms with Crippen LogP contribution in [0.25, 0.3) is 78.3 Å². The van der Waals surface area contributed by atoms with E-state index < -0.39 is 0 Å². The Bertz CT molecular complexity index is 2490. The van der Waals surface area contributed by atoms with Gasteiger partial charge in [0.2, 0.25) is 0 Å². The third kappa shape index (κ3) is 6.00. The summed E-state index contributed by atoms with van der Waals surface area (Å²) in [4.78, 5) is 14.6. The summed E-state index contributed by atoms with van der Waals surface area (Å²) in [5.41, 5.74) is 10.0. The quantitative estimate of drug-likeness (QED) is 0.181. The SMILES string of the molecule is N#Cc1cc(C#N)cc(-c2ccc(-c3cccc4cc(-c5ccc(-c6nc(-c7ccccc7)nc(-c7ccccc7)n6)cc5)ccc34)cc2)c1. The van der Waals surface area contributed by atoms with Gasteiger partial charge in [0.1, 0.15) is 0 Å². The van der Waals surface area contributed by atoms with Gasteiger partial charge < -0.3 is 0 Å². The van der Waals surface area contributed by atoms with Gasteiger partial charge >= 0.3 is 0 Å². The third-order valence-electron chi connectivity index (χ3n) is 8.78. The van der Waals surface area contributed by atoms with Crippen molar-refractivity contribution < 1.29 is 0 Å². The minimum absolute atomic E-state index is 0.475. The van der Waals surface area contributed by atoms with Crippen LogP contribution in [0, 0.1) is 22.7 Å². The highest BCUT2D eigenvalue weighted by molar-refractivity contribution is 5.99. The van der Waals surface area contributed by atoms with Crippen molar-refractivity contribution in [2.45, 2.75) is 0 Å². The summed E-state index contributed by atoms with van der Waals surface area (Å²) in [5.74, 6) is 1.90. The molecule has 1 heterocycles. The van der Waals surface area contributed by atoms with Crippen LogP contribution >= 0.6 is 0 Å². The van der Waals surface area contributed by atoms with Crippen molar-refractivity contribution >= 4 is 10.8 Å². The van der Waals surface area contributed by atoms with Crippen LogP contribution in [0.15, 0.2) is 164 Å². The number of aromatic nitrogens is 3. The maximum Gasteiger partial charge on any atom is 0.164 e. The molecular weight excluding hydrogens is 611 g/mol. The van der Waals surface area contributed by atoms with Gasteiger partial charge in [-0.3, -0.25) is 0 Å². The van der Waals surface area contributed by atoms with Crippen molar-refractivity contribution in [2.24, 2.45) is 0 Å². The molecule has 0 saturated heterocycles. The predicted molar refractivity (Wildman–Crippen MR) is 199 cm³/mol. The normalized spacial score (nSPS) is 10.8. The van der Waals surface area contributed by atoms with Gasteiger partial charge in [-0.15, -0.1) is 0 Å². The largest absolute Gasteiger partial charge is 0.208 e. The number of benzene rings is 7. The van der Waals surface area contributed by atoms with E-state index in [-0.39, 0.29) is 0 Å². The number of fused-ring (bicyclic) bond motifs is 1. The van der Waals surface area contributed by atoms with Crippen molar-refractivity contribution in [1.82, 2.24) is 15.0 Å². The Labute approximate surface area is 290 Å². The van der Waals surface area contributed by atoms with Gasteiger partial charge in [0.15, 0.2) is 17.5 Å². The molecule has 0 saturated carbocycles. The van der Waals surface area contributed by atoms with Crippen LogP contribution in [0.4, 0.5) is 0 Å². The first-order valence-electron chi connectivity index (χ1n) is 16.2. The fraction of sp³-hybridized carbons (Fsp3) is 0. The van der Waals surface area contributed by atoms with Crippen molar-refractivity contribution in [3.8, 4) is 79.7 Å². The van der Waals surface area contributed by atoms with Crippen LogP contribution in [-0.2, 0) is 0 Å². The molecule has 8 rings (SSSR count). The van der Waals surface area contributed by atoms with Crippen LogP contribution in [0.5, 0.6) is 0 Å². The van der Waals surface area contributed by atoms with E-state index in [1.807, 2.05) is 84.9 Å². The van der Waals surface area contributed by atoms with Crippen LogP contribution in [0.2, 0.25) is 0 Å². The van der Waals surface area contributed by atoms with Gasteiger partial charge in [-0.05, 0) is 68.4 Å². The van der Waals surface area contributed by atoms with E-state index in [0.717, 1.165) is 60.8 Å². The summed E-state index contributed by atoms with van der Waals surface area (Å²) >= 11 is 0. The molecule has 0 aliphatic heterocycles. The Morgan fingerprint density at radius 1 is 0.340 bits per heavy atom. The molecule has 0 amide bonds. The van der Waals surface area contributed by atoms with Crippen LogP contribution in [-0.4, -0.2) is 15.0 Å². The van der Waals surface area contributed by atoms with E-state index >= 15 is 0 Å². The first kappa shape index (κ1) is 30.1. The molecule has 0 aliphatic carbocycles. The second kappa shape index (κ2) is 13.1. The molecule has 0 atom stereocenters. The molecule has 232 valence electrons. The van der Waals surface area contributed by atoms with E-state index in [1.54, 1.807) is 6.07 Å². The van der Waals surface area contributed by atoms with Crippen molar-refractivity contribution in [3.63, 3.8) is 0 Å². The zero-order chi connectivity index (χ0) is 33.9. The van der Waals surface area contributed by atoms with Gasteiger partial charge in [0.05, 0.1) is 23.3 Å². The highest BCUT2D eigenvalue weighted by Crippen LogP contribution is 2.34. The zero-order valence-corrected chi connectivity index (χ0v) is 26.8. The lowest BCUT2D eigenvalue weighted by atomic mass is 9.93.